The van der Waals surface area contributed by atoms with E-state index in [9.17, 15) is 21.6 Å². The summed E-state index contributed by atoms with van der Waals surface area (Å²) in [5.74, 6) is -2.97. The summed E-state index contributed by atoms with van der Waals surface area (Å²) in [5.41, 5.74) is 5.07. The summed E-state index contributed by atoms with van der Waals surface area (Å²) in [4.78, 5) is -0.917. The summed E-state index contributed by atoms with van der Waals surface area (Å²) in [7, 11) is -4.47. The molecule has 0 heterocycles. The first-order chi connectivity index (χ1) is 9.29. The number of sulfonamides is 1. The van der Waals surface area contributed by atoms with Gasteiger partial charge in [-0.2, -0.15) is 0 Å². The SMILES string of the molecule is Nc1ccc(F)c(NS(=O)(=O)c2cc(F)ccc2F)c1. The number of nitrogens with one attached hydrogen (secondary N) is 1. The van der Waals surface area contributed by atoms with E-state index in [2.05, 4.69) is 0 Å². The van der Waals surface area contributed by atoms with Crippen molar-refractivity contribution in [2.45, 2.75) is 4.90 Å². The van der Waals surface area contributed by atoms with E-state index in [0.29, 0.717) is 12.1 Å². The smallest absolute Gasteiger partial charge is 0.265 e. The van der Waals surface area contributed by atoms with Gasteiger partial charge >= 0.3 is 0 Å². The second-order valence-electron chi connectivity index (χ2n) is 3.92. The Bertz CT molecular complexity index is 763. The second kappa shape index (κ2) is 5.04. The molecule has 0 aliphatic heterocycles. The van der Waals surface area contributed by atoms with Crippen molar-refractivity contribution in [3.05, 3.63) is 53.8 Å². The number of nitrogens with two attached hydrogens (primary N) is 1. The van der Waals surface area contributed by atoms with Crippen molar-refractivity contribution in [2.24, 2.45) is 0 Å². The van der Waals surface area contributed by atoms with E-state index in [1.165, 1.54) is 6.07 Å². The number of hydrogen-bond donors (Lipinski definition) is 2. The van der Waals surface area contributed by atoms with Crippen LogP contribution in [0.4, 0.5) is 24.5 Å². The van der Waals surface area contributed by atoms with E-state index in [4.69, 9.17) is 5.73 Å². The molecule has 0 aliphatic carbocycles. The number of anilines is 2. The molecule has 0 saturated carbocycles. The highest BCUT2D eigenvalue weighted by molar-refractivity contribution is 7.92. The van der Waals surface area contributed by atoms with E-state index < -0.39 is 38.1 Å². The lowest BCUT2D eigenvalue weighted by atomic mass is 10.3. The number of rotatable bonds is 3. The van der Waals surface area contributed by atoms with Gasteiger partial charge in [0.05, 0.1) is 5.69 Å². The fourth-order valence-corrected chi connectivity index (χ4v) is 2.65. The van der Waals surface area contributed by atoms with Crippen molar-refractivity contribution in [1.29, 1.82) is 0 Å². The molecule has 0 aromatic heterocycles. The summed E-state index contributed by atoms with van der Waals surface area (Å²) in [6.07, 6.45) is 0. The largest absolute Gasteiger partial charge is 0.399 e. The van der Waals surface area contributed by atoms with Gasteiger partial charge in [-0.15, -0.1) is 0 Å². The lowest BCUT2D eigenvalue weighted by Gasteiger charge is -2.10. The Morgan fingerprint density at radius 1 is 0.950 bits per heavy atom. The van der Waals surface area contributed by atoms with Crippen molar-refractivity contribution in [3.63, 3.8) is 0 Å². The fourth-order valence-electron chi connectivity index (χ4n) is 1.50. The summed E-state index contributed by atoms with van der Waals surface area (Å²) in [5, 5.41) is 0. The molecule has 0 amide bonds. The molecule has 0 saturated heterocycles. The predicted octanol–water partition coefficient (Wildman–Crippen LogP) is 2.49. The first kappa shape index (κ1) is 14.2. The quantitative estimate of drug-likeness (QED) is 0.856. The van der Waals surface area contributed by atoms with Crippen molar-refractivity contribution >= 4 is 21.4 Å². The van der Waals surface area contributed by atoms with Gasteiger partial charge in [0.1, 0.15) is 22.3 Å². The molecule has 0 atom stereocenters. The Balaban J connectivity index is 2.46. The summed E-state index contributed by atoms with van der Waals surface area (Å²) >= 11 is 0. The van der Waals surface area contributed by atoms with Gasteiger partial charge in [-0.25, -0.2) is 21.6 Å². The molecule has 2 aromatic rings. The van der Waals surface area contributed by atoms with Crippen LogP contribution in [-0.2, 0) is 10.0 Å². The van der Waals surface area contributed by atoms with Gasteiger partial charge in [-0.1, -0.05) is 0 Å². The zero-order valence-electron chi connectivity index (χ0n) is 9.90. The number of hydrogen-bond acceptors (Lipinski definition) is 3. The number of nitrogen functional groups attached to an aromatic ring is 1. The monoisotopic (exact) mass is 302 g/mol. The van der Waals surface area contributed by atoms with Crippen LogP contribution in [0.1, 0.15) is 0 Å². The average molecular weight is 302 g/mol. The van der Waals surface area contributed by atoms with Crippen LogP contribution in [0, 0.1) is 17.5 Å². The third-order valence-electron chi connectivity index (χ3n) is 2.42. The maximum atomic E-state index is 13.4. The first-order valence-electron chi connectivity index (χ1n) is 5.32. The summed E-state index contributed by atoms with van der Waals surface area (Å²) in [6.45, 7) is 0. The van der Waals surface area contributed by atoms with Gasteiger partial charge < -0.3 is 5.73 Å². The van der Waals surface area contributed by atoms with Crippen LogP contribution in [0.2, 0.25) is 0 Å². The first-order valence-corrected chi connectivity index (χ1v) is 6.81. The van der Waals surface area contributed by atoms with Gasteiger partial charge in [0.2, 0.25) is 0 Å². The Labute approximate surface area is 113 Å². The molecule has 106 valence electrons. The maximum absolute atomic E-state index is 13.4. The van der Waals surface area contributed by atoms with E-state index in [1.54, 1.807) is 0 Å². The minimum Gasteiger partial charge on any atom is -0.399 e. The summed E-state index contributed by atoms with van der Waals surface area (Å²) < 4.78 is 65.5. The molecule has 2 aromatic carbocycles. The van der Waals surface area contributed by atoms with E-state index in [0.717, 1.165) is 18.2 Å². The van der Waals surface area contributed by atoms with Crippen LogP contribution in [0.3, 0.4) is 0 Å². The highest BCUT2D eigenvalue weighted by Gasteiger charge is 2.21. The van der Waals surface area contributed by atoms with Crippen molar-refractivity contribution < 1.29 is 21.6 Å². The van der Waals surface area contributed by atoms with Crippen LogP contribution in [0.25, 0.3) is 0 Å². The van der Waals surface area contributed by atoms with Crippen LogP contribution in [-0.4, -0.2) is 8.42 Å². The molecule has 4 nitrogen and oxygen atoms in total. The van der Waals surface area contributed by atoms with Crippen LogP contribution >= 0.6 is 0 Å². The number of halogens is 3. The fraction of sp³-hybridized carbons (Fsp3) is 0. The highest BCUT2D eigenvalue weighted by Crippen LogP contribution is 2.23. The van der Waals surface area contributed by atoms with Crippen molar-refractivity contribution in [1.82, 2.24) is 0 Å². The minimum absolute atomic E-state index is 0.115. The lowest BCUT2D eigenvalue weighted by Crippen LogP contribution is -2.16. The molecule has 0 fully saturated rings. The van der Waals surface area contributed by atoms with E-state index >= 15 is 0 Å². The van der Waals surface area contributed by atoms with E-state index in [-0.39, 0.29) is 5.69 Å². The standard InChI is InChI=1S/C12H9F3N2O2S/c13-7-1-3-10(15)12(5-7)20(18,19)17-11-6-8(16)2-4-9(11)14/h1-6,17H,16H2. The molecule has 0 radical (unpaired) electrons. The van der Waals surface area contributed by atoms with Crippen LogP contribution in [0.15, 0.2) is 41.3 Å². The number of benzene rings is 2. The molecule has 0 bridgehead atoms. The average Bonchev–Trinajstić information content (AvgIpc) is 2.36. The van der Waals surface area contributed by atoms with E-state index in [1.807, 2.05) is 4.72 Å². The van der Waals surface area contributed by atoms with Gasteiger partial charge in [0, 0.05) is 5.69 Å². The Morgan fingerprint density at radius 2 is 1.60 bits per heavy atom. The molecule has 0 aliphatic rings. The highest BCUT2D eigenvalue weighted by atomic mass is 32.2. The normalized spacial score (nSPS) is 11.3. The topological polar surface area (TPSA) is 72.2 Å². The van der Waals surface area contributed by atoms with Gasteiger partial charge in [0.15, 0.2) is 0 Å². The molecule has 0 unspecified atom stereocenters. The molecule has 3 N–H and O–H groups in total. The zero-order chi connectivity index (χ0) is 14.9. The zero-order valence-corrected chi connectivity index (χ0v) is 10.7. The second-order valence-corrected chi connectivity index (χ2v) is 5.57. The molecule has 20 heavy (non-hydrogen) atoms. The molecule has 0 spiro atoms. The van der Waals surface area contributed by atoms with Crippen LogP contribution < -0.4 is 10.5 Å². The Hall–Kier alpha value is -2.22. The lowest BCUT2D eigenvalue weighted by molar-refractivity contribution is 0.555. The van der Waals surface area contributed by atoms with Crippen molar-refractivity contribution in [2.75, 3.05) is 10.5 Å². The van der Waals surface area contributed by atoms with Gasteiger partial charge in [-0.3, -0.25) is 4.72 Å². The molecule has 8 heteroatoms. The Morgan fingerprint density at radius 3 is 2.30 bits per heavy atom. The molecular weight excluding hydrogens is 293 g/mol. The Kier molecular flexibility index (Phi) is 3.58. The van der Waals surface area contributed by atoms with Gasteiger partial charge in [0.25, 0.3) is 10.0 Å². The van der Waals surface area contributed by atoms with Crippen molar-refractivity contribution in [3.8, 4) is 0 Å². The summed E-state index contributed by atoms with van der Waals surface area (Å²) in [6, 6.07) is 5.16. The maximum Gasteiger partial charge on any atom is 0.265 e. The minimum atomic E-state index is -4.47. The third kappa shape index (κ3) is 2.85. The predicted molar refractivity (Wildman–Crippen MR) is 68.0 cm³/mol. The molecular formula is C12H9F3N2O2S. The third-order valence-corrected chi connectivity index (χ3v) is 3.80. The van der Waals surface area contributed by atoms with Crippen LogP contribution in [0.5, 0.6) is 0 Å². The van der Waals surface area contributed by atoms with Gasteiger partial charge in [-0.05, 0) is 36.4 Å². The molecule has 2 rings (SSSR count).